The normalized spacial score (nSPS) is 22.2. The molecule has 1 aromatic carbocycles. The van der Waals surface area contributed by atoms with Gasteiger partial charge in [-0.05, 0) is 37.0 Å². The number of ether oxygens (including phenoxy) is 1. The van der Waals surface area contributed by atoms with Crippen molar-refractivity contribution in [3.63, 3.8) is 0 Å². The molecule has 2 aliphatic rings. The summed E-state index contributed by atoms with van der Waals surface area (Å²) < 4.78 is 80.6. The zero-order chi connectivity index (χ0) is 22.4. The molecule has 2 atom stereocenters. The Hall–Kier alpha value is -2.11. The highest BCUT2D eigenvalue weighted by molar-refractivity contribution is 6.07. The largest absolute Gasteiger partial charge is 0.449 e. The minimum Gasteiger partial charge on any atom is -0.449 e. The van der Waals surface area contributed by atoms with Gasteiger partial charge in [0.05, 0.1) is 17.8 Å². The van der Waals surface area contributed by atoms with E-state index in [0.717, 1.165) is 18.2 Å². The molecule has 0 bridgehead atoms. The van der Waals surface area contributed by atoms with Gasteiger partial charge >= 0.3 is 6.18 Å². The van der Waals surface area contributed by atoms with Gasteiger partial charge in [-0.1, -0.05) is 0 Å². The first-order valence-corrected chi connectivity index (χ1v) is 9.87. The predicted octanol–water partition coefficient (Wildman–Crippen LogP) is 3.85. The number of carbonyl (C=O) groups excluding carboxylic acids is 1. The Labute approximate surface area is 186 Å². The van der Waals surface area contributed by atoms with Gasteiger partial charge in [-0.15, -0.1) is 12.4 Å². The zero-order valence-electron chi connectivity index (χ0n) is 16.8. The average Bonchev–Trinajstić information content (AvgIpc) is 3.04. The molecule has 0 aliphatic carbocycles. The second-order valence-corrected chi connectivity index (χ2v) is 7.86. The fraction of sp³-hybridized carbons (Fsp3) is 0.550. The molecular weight excluding hydrogens is 463 g/mol. The van der Waals surface area contributed by atoms with Crippen molar-refractivity contribution in [3.05, 3.63) is 29.5 Å². The minimum atomic E-state index is -4.64. The minimum absolute atomic E-state index is 0. The summed E-state index contributed by atoms with van der Waals surface area (Å²) in [7, 11) is 0. The molecule has 1 saturated heterocycles. The number of furan rings is 1. The van der Waals surface area contributed by atoms with E-state index in [1.165, 1.54) is 4.90 Å². The van der Waals surface area contributed by atoms with Crippen LogP contribution in [0.5, 0.6) is 0 Å². The highest BCUT2D eigenvalue weighted by Crippen LogP contribution is 2.41. The van der Waals surface area contributed by atoms with E-state index in [4.69, 9.17) is 9.15 Å². The quantitative estimate of drug-likeness (QED) is 0.645. The number of hydrogen-bond donors (Lipinski definition) is 2. The van der Waals surface area contributed by atoms with E-state index in [0.29, 0.717) is 6.42 Å². The third-order valence-electron chi connectivity index (χ3n) is 5.70. The molecule has 32 heavy (non-hydrogen) atoms. The molecule has 2 aromatic rings. The Morgan fingerprint density at radius 2 is 1.97 bits per heavy atom. The number of benzene rings is 1. The fourth-order valence-electron chi connectivity index (χ4n) is 4.07. The number of anilines is 1. The lowest BCUT2D eigenvalue weighted by Crippen LogP contribution is -2.49. The maximum Gasteiger partial charge on any atom is 0.416 e. The second kappa shape index (κ2) is 9.03. The summed E-state index contributed by atoms with van der Waals surface area (Å²) in [4.78, 5) is 13.5. The van der Waals surface area contributed by atoms with Crippen molar-refractivity contribution in [1.29, 1.82) is 0 Å². The molecule has 2 N–H and O–H groups in total. The summed E-state index contributed by atoms with van der Waals surface area (Å²) in [6.07, 6.45) is -5.65. The molecule has 178 valence electrons. The van der Waals surface area contributed by atoms with Crippen LogP contribution in [0.2, 0.25) is 0 Å². The van der Waals surface area contributed by atoms with Crippen molar-refractivity contribution in [3.8, 4) is 0 Å². The molecule has 0 saturated carbocycles. The van der Waals surface area contributed by atoms with Crippen LogP contribution in [0.1, 0.15) is 29.0 Å². The van der Waals surface area contributed by atoms with E-state index >= 15 is 8.78 Å². The number of aliphatic hydroxyl groups is 1. The van der Waals surface area contributed by atoms with Crippen molar-refractivity contribution in [2.75, 3.05) is 37.7 Å². The third kappa shape index (κ3) is 4.65. The van der Waals surface area contributed by atoms with E-state index in [-0.39, 0.29) is 73.5 Å². The first-order valence-electron chi connectivity index (χ1n) is 9.87. The van der Waals surface area contributed by atoms with Crippen LogP contribution in [0.3, 0.4) is 0 Å². The van der Waals surface area contributed by atoms with Crippen LogP contribution in [-0.2, 0) is 10.9 Å². The van der Waals surface area contributed by atoms with Gasteiger partial charge in [-0.2, -0.15) is 13.2 Å². The summed E-state index contributed by atoms with van der Waals surface area (Å²) in [5.41, 5.74) is -1.07. The molecule has 6 nitrogen and oxygen atoms in total. The molecular formula is C20H22ClF5N2O4. The number of fused-ring (bicyclic) bond motifs is 3. The number of halogens is 6. The van der Waals surface area contributed by atoms with Crippen LogP contribution in [0, 0.1) is 5.92 Å². The SMILES string of the molecule is Cl.O=C1NCCN(CC(F)(F)C2CC(CO)CCO2)c2c1oc1ccc(C(F)(F)F)cc21. The van der Waals surface area contributed by atoms with Crippen molar-refractivity contribution in [2.45, 2.75) is 31.0 Å². The number of nitrogens with zero attached hydrogens (tertiary/aromatic N) is 1. The van der Waals surface area contributed by atoms with Crippen LogP contribution in [-0.4, -0.2) is 55.9 Å². The summed E-state index contributed by atoms with van der Waals surface area (Å²) in [6, 6.07) is 2.69. The summed E-state index contributed by atoms with van der Waals surface area (Å²) >= 11 is 0. The lowest BCUT2D eigenvalue weighted by molar-refractivity contribution is -0.159. The number of aliphatic hydroxyl groups excluding tert-OH is 1. The Bertz CT molecular complexity index is 981. The van der Waals surface area contributed by atoms with E-state index in [2.05, 4.69) is 5.32 Å². The smallest absolute Gasteiger partial charge is 0.416 e. The maximum atomic E-state index is 15.1. The van der Waals surface area contributed by atoms with Gasteiger partial charge < -0.3 is 24.5 Å². The molecule has 2 unspecified atom stereocenters. The van der Waals surface area contributed by atoms with Gasteiger partial charge in [0.15, 0.2) is 0 Å². The molecule has 3 heterocycles. The van der Waals surface area contributed by atoms with Crippen molar-refractivity contribution in [1.82, 2.24) is 5.32 Å². The topological polar surface area (TPSA) is 74.9 Å². The van der Waals surface area contributed by atoms with E-state index in [1.54, 1.807) is 0 Å². The highest BCUT2D eigenvalue weighted by atomic mass is 35.5. The molecule has 12 heteroatoms. The first kappa shape index (κ1) is 24.5. The highest BCUT2D eigenvalue weighted by Gasteiger charge is 2.46. The zero-order valence-corrected chi connectivity index (χ0v) is 17.6. The standard InChI is InChI=1S/C20H21F5N2O4.ClH/c21-19(22,15-7-11(9-28)3-6-30-15)10-27-5-4-26-18(29)17-16(27)13-8-12(20(23,24)25)1-2-14(13)31-17;/h1-2,8,11,15,28H,3-7,9-10H2,(H,26,29);1H. The summed E-state index contributed by atoms with van der Waals surface area (Å²) in [5.74, 6) is -4.67. The van der Waals surface area contributed by atoms with Crippen molar-refractivity contribution >= 4 is 35.0 Å². The number of carbonyl (C=O) groups is 1. The number of hydrogen-bond acceptors (Lipinski definition) is 5. The lowest BCUT2D eigenvalue weighted by atomic mass is 9.93. The lowest BCUT2D eigenvalue weighted by Gasteiger charge is -2.36. The number of nitrogens with one attached hydrogen (secondary N) is 1. The van der Waals surface area contributed by atoms with E-state index in [1.807, 2.05) is 0 Å². The number of amides is 1. The molecule has 4 rings (SSSR count). The molecule has 0 spiro atoms. The van der Waals surface area contributed by atoms with Crippen LogP contribution in [0.15, 0.2) is 22.6 Å². The van der Waals surface area contributed by atoms with Gasteiger partial charge in [-0.25, -0.2) is 8.78 Å². The van der Waals surface area contributed by atoms with Crippen LogP contribution >= 0.6 is 12.4 Å². The van der Waals surface area contributed by atoms with Gasteiger partial charge in [0.25, 0.3) is 11.8 Å². The summed E-state index contributed by atoms with van der Waals surface area (Å²) in [6.45, 7) is -1.04. The average molecular weight is 485 g/mol. The summed E-state index contributed by atoms with van der Waals surface area (Å²) in [5, 5.41) is 11.8. The number of alkyl halides is 5. The van der Waals surface area contributed by atoms with Gasteiger partial charge in [-0.3, -0.25) is 4.79 Å². The Kier molecular flexibility index (Phi) is 6.92. The molecule has 1 amide bonds. The second-order valence-electron chi connectivity index (χ2n) is 7.86. The maximum absolute atomic E-state index is 15.1. The van der Waals surface area contributed by atoms with Crippen molar-refractivity contribution < 1.29 is 41.0 Å². The Morgan fingerprint density at radius 1 is 1.22 bits per heavy atom. The molecule has 2 aliphatic heterocycles. The van der Waals surface area contributed by atoms with E-state index < -0.39 is 36.2 Å². The first-order chi connectivity index (χ1) is 14.6. The van der Waals surface area contributed by atoms with Gasteiger partial charge in [0.1, 0.15) is 11.7 Å². The molecule has 1 aromatic heterocycles. The molecule has 1 fully saturated rings. The van der Waals surface area contributed by atoms with Crippen LogP contribution in [0.25, 0.3) is 11.0 Å². The van der Waals surface area contributed by atoms with Crippen molar-refractivity contribution in [2.24, 2.45) is 5.92 Å². The van der Waals surface area contributed by atoms with Crippen LogP contribution in [0.4, 0.5) is 27.6 Å². The van der Waals surface area contributed by atoms with Crippen LogP contribution < -0.4 is 10.2 Å². The number of rotatable bonds is 4. The van der Waals surface area contributed by atoms with Gasteiger partial charge in [0, 0.05) is 31.7 Å². The Balaban J connectivity index is 0.00000289. The van der Waals surface area contributed by atoms with Gasteiger partial charge in [0.2, 0.25) is 5.76 Å². The monoisotopic (exact) mass is 484 g/mol. The fourth-order valence-corrected chi connectivity index (χ4v) is 4.07. The van der Waals surface area contributed by atoms with E-state index in [9.17, 15) is 23.1 Å². The Morgan fingerprint density at radius 3 is 2.66 bits per heavy atom. The predicted molar refractivity (Wildman–Crippen MR) is 108 cm³/mol. The third-order valence-corrected chi connectivity index (χ3v) is 5.70. The molecule has 0 radical (unpaired) electrons.